The minimum absolute atomic E-state index is 0.0346. The average Bonchev–Trinajstić information content (AvgIpc) is 2.72. The molecular weight excluding hydrogens is 202 g/mol. The highest BCUT2D eigenvalue weighted by atomic mass is 16.3. The van der Waals surface area contributed by atoms with Crippen LogP contribution < -0.4 is 5.32 Å². The maximum Gasteiger partial charge on any atom is 0.223 e. The van der Waals surface area contributed by atoms with Crippen molar-refractivity contribution in [3.05, 3.63) is 0 Å². The second kappa shape index (κ2) is 5.67. The zero-order chi connectivity index (χ0) is 12.2. The molecule has 16 heavy (non-hydrogen) atoms. The van der Waals surface area contributed by atoms with Crippen LogP contribution in [0.15, 0.2) is 0 Å². The van der Waals surface area contributed by atoms with E-state index < -0.39 is 5.54 Å². The predicted octanol–water partition coefficient (Wildman–Crippen LogP) is 2.09. The van der Waals surface area contributed by atoms with Crippen molar-refractivity contribution in [2.24, 2.45) is 11.8 Å². The zero-order valence-electron chi connectivity index (χ0n) is 10.8. The van der Waals surface area contributed by atoms with Crippen LogP contribution in [0.1, 0.15) is 52.9 Å². The minimum Gasteiger partial charge on any atom is -0.394 e. The molecule has 3 nitrogen and oxygen atoms in total. The van der Waals surface area contributed by atoms with Gasteiger partial charge in [0.2, 0.25) is 5.91 Å². The molecule has 1 fully saturated rings. The lowest BCUT2D eigenvalue weighted by Gasteiger charge is -2.32. The highest BCUT2D eigenvalue weighted by Gasteiger charge is 2.34. The molecule has 0 bridgehead atoms. The van der Waals surface area contributed by atoms with Gasteiger partial charge < -0.3 is 10.4 Å². The third kappa shape index (κ3) is 2.76. The summed E-state index contributed by atoms with van der Waals surface area (Å²) >= 11 is 0. The molecule has 0 aromatic carbocycles. The second-order valence-electron chi connectivity index (χ2n) is 5.15. The average molecular weight is 227 g/mol. The van der Waals surface area contributed by atoms with Crippen LogP contribution in [0.2, 0.25) is 0 Å². The number of hydrogen-bond acceptors (Lipinski definition) is 2. The van der Waals surface area contributed by atoms with Crippen LogP contribution in [0, 0.1) is 11.8 Å². The summed E-state index contributed by atoms with van der Waals surface area (Å²) in [5.41, 5.74) is -0.403. The van der Waals surface area contributed by atoms with Gasteiger partial charge in [0, 0.05) is 5.92 Å². The number of aliphatic hydroxyl groups excluding tert-OH is 1. The summed E-state index contributed by atoms with van der Waals surface area (Å²) in [5.74, 6) is 0.789. The highest BCUT2D eigenvalue weighted by molar-refractivity contribution is 5.80. The molecule has 0 heterocycles. The normalized spacial score (nSPS) is 25.8. The maximum atomic E-state index is 12.1. The van der Waals surface area contributed by atoms with E-state index in [9.17, 15) is 9.90 Å². The number of hydrogen-bond donors (Lipinski definition) is 2. The van der Waals surface area contributed by atoms with E-state index in [-0.39, 0.29) is 18.4 Å². The number of aliphatic hydroxyl groups is 1. The van der Waals surface area contributed by atoms with Crippen molar-refractivity contribution >= 4 is 5.91 Å². The molecule has 0 saturated heterocycles. The summed E-state index contributed by atoms with van der Waals surface area (Å²) < 4.78 is 0. The first kappa shape index (κ1) is 13.5. The Kier molecular flexibility index (Phi) is 4.78. The van der Waals surface area contributed by atoms with Crippen LogP contribution in [0.5, 0.6) is 0 Å². The first-order valence-corrected chi connectivity index (χ1v) is 6.51. The van der Waals surface area contributed by atoms with Gasteiger partial charge in [-0.1, -0.05) is 27.2 Å². The van der Waals surface area contributed by atoms with Crippen molar-refractivity contribution in [3.63, 3.8) is 0 Å². The summed E-state index contributed by atoms with van der Waals surface area (Å²) in [6.07, 6.45) is 4.88. The molecular formula is C13H25NO2. The topological polar surface area (TPSA) is 49.3 Å². The van der Waals surface area contributed by atoms with Crippen molar-refractivity contribution in [1.29, 1.82) is 0 Å². The third-order valence-electron chi connectivity index (χ3n) is 4.24. The summed E-state index contributed by atoms with van der Waals surface area (Å²) in [5, 5.41) is 12.5. The summed E-state index contributed by atoms with van der Waals surface area (Å²) in [7, 11) is 0. The van der Waals surface area contributed by atoms with Gasteiger partial charge in [-0.3, -0.25) is 4.79 Å². The molecule has 2 unspecified atom stereocenters. The molecule has 0 aliphatic heterocycles. The Morgan fingerprint density at radius 2 is 2.00 bits per heavy atom. The smallest absolute Gasteiger partial charge is 0.223 e. The summed E-state index contributed by atoms with van der Waals surface area (Å²) in [6, 6.07) is 0. The Hall–Kier alpha value is -0.570. The van der Waals surface area contributed by atoms with Crippen molar-refractivity contribution < 1.29 is 9.90 Å². The number of carbonyl (C=O) groups is 1. The van der Waals surface area contributed by atoms with E-state index in [0.29, 0.717) is 5.92 Å². The van der Waals surface area contributed by atoms with E-state index in [1.54, 1.807) is 0 Å². The number of carbonyl (C=O) groups excluding carboxylic acids is 1. The summed E-state index contributed by atoms with van der Waals surface area (Å²) in [4.78, 5) is 12.1. The number of amides is 1. The first-order chi connectivity index (χ1) is 7.58. The molecule has 1 aliphatic rings. The molecule has 0 spiro atoms. The van der Waals surface area contributed by atoms with Crippen LogP contribution in [0.25, 0.3) is 0 Å². The number of rotatable bonds is 5. The van der Waals surface area contributed by atoms with Crippen LogP contribution in [-0.2, 0) is 4.79 Å². The van der Waals surface area contributed by atoms with Gasteiger partial charge in [0.1, 0.15) is 0 Å². The van der Waals surface area contributed by atoms with Crippen molar-refractivity contribution in [3.8, 4) is 0 Å². The Morgan fingerprint density at radius 3 is 2.38 bits per heavy atom. The molecule has 2 atom stereocenters. The first-order valence-electron chi connectivity index (χ1n) is 6.51. The lowest BCUT2D eigenvalue weighted by molar-refractivity contribution is -0.128. The molecule has 2 N–H and O–H groups in total. The number of nitrogens with one attached hydrogen (secondary N) is 1. The molecule has 1 amide bonds. The van der Waals surface area contributed by atoms with E-state index in [2.05, 4.69) is 12.2 Å². The molecule has 0 radical (unpaired) electrons. The van der Waals surface area contributed by atoms with Gasteiger partial charge in [-0.05, 0) is 31.6 Å². The van der Waals surface area contributed by atoms with E-state index in [0.717, 1.165) is 32.1 Å². The zero-order valence-corrected chi connectivity index (χ0v) is 10.8. The third-order valence-corrected chi connectivity index (χ3v) is 4.24. The molecule has 0 aromatic heterocycles. The van der Waals surface area contributed by atoms with Gasteiger partial charge in [-0.15, -0.1) is 0 Å². The van der Waals surface area contributed by atoms with Crippen LogP contribution in [0.4, 0.5) is 0 Å². The van der Waals surface area contributed by atoms with Crippen molar-refractivity contribution in [2.45, 2.75) is 58.4 Å². The monoisotopic (exact) mass is 227 g/mol. The van der Waals surface area contributed by atoms with Crippen LogP contribution >= 0.6 is 0 Å². The van der Waals surface area contributed by atoms with Gasteiger partial charge in [-0.2, -0.15) is 0 Å². The van der Waals surface area contributed by atoms with Gasteiger partial charge in [-0.25, -0.2) is 0 Å². The molecule has 1 saturated carbocycles. The SMILES string of the molecule is CCC(CC)(CO)NC(=O)C1CCCC1C. The van der Waals surface area contributed by atoms with E-state index in [4.69, 9.17) is 0 Å². The van der Waals surface area contributed by atoms with E-state index >= 15 is 0 Å². The quantitative estimate of drug-likeness (QED) is 0.755. The fourth-order valence-electron chi connectivity index (χ4n) is 2.58. The van der Waals surface area contributed by atoms with Crippen LogP contribution in [-0.4, -0.2) is 23.2 Å². The largest absolute Gasteiger partial charge is 0.394 e. The van der Waals surface area contributed by atoms with Gasteiger partial charge >= 0.3 is 0 Å². The van der Waals surface area contributed by atoms with Gasteiger partial charge in [0.25, 0.3) is 0 Å². The fourth-order valence-corrected chi connectivity index (χ4v) is 2.58. The van der Waals surface area contributed by atoms with Crippen LogP contribution in [0.3, 0.4) is 0 Å². The van der Waals surface area contributed by atoms with E-state index in [1.807, 2.05) is 13.8 Å². The fraction of sp³-hybridized carbons (Fsp3) is 0.923. The Labute approximate surface area is 98.6 Å². The van der Waals surface area contributed by atoms with Crippen molar-refractivity contribution in [2.75, 3.05) is 6.61 Å². The van der Waals surface area contributed by atoms with Gasteiger partial charge in [0.05, 0.1) is 12.1 Å². The molecule has 1 rings (SSSR count). The molecule has 1 aliphatic carbocycles. The molecule has 3 heteroatoms. The van der Waals surface area contributed by atoms with E-state index in [1.165, 1.54) is 0 Å². The predicted molar refractivity (Wildman–Crippen MR) is 65.0 cm³/mol. The second-order valence-corrected chi connectivity index (χ2v) is 5.15. The maximum absolute atomic E-state index is 12.1. The lowest BCUT2D eigenvalue weighted by Crippen LogP contribution is -2.52. The lowest BCUT2D eigenvalue weighted by atomic mass is 9.90. The highest BCUT2D eigenvalue weighted by Crippen LogP contribution is 2.32. The Bertz CT molecular complexity index is 228. The Balaban J connectivity index is 2.61. The Morgan fingerprint density at radius 1 is 1.38 bits per heavy atom. The van der Waals surface area contributed by atoms with Gasteiger partial charge in [0.15, 0.2) is 0 Å². The summed E-state index contributed by atoms with van der Waals surface area (Å²) in [6.45, 7) is 6.21. The standard InChI is InChI=1S/C13H25NO2/c1-4-13(5-2,9-15)14-12(16)11-8-6-7-10(11)3/h10-11,15H,4-9H2,1-3H3,(H,14,16). The van der Waals surface area contributed by atoms with Crippen molar-refractivity contribution in [1.82, 2.24) is 5.32 Å². The minimum atomic E-state index is -0.403. The molecule has 0 aromatic rings. The molecule has 94 valence electrons.